The maximum Gasteiger partial charge on any atom is 0.149 e. The van der Waals surface area contributed by atoms with Crippen molar-refractivity contribution in [3.8, 4) is 11.3 Å². The second kappa shape index (κ2) is 5.51. The van der Waals surface area contributed by atoms with E-state index in [9.17, 15) is 8.42 Å². The molecule has 2 aromatic heterocycles. The minimum absolute atomic E-state index is 0.0414. The molecule has 7 nitrogen and oxygen atoms in total. The van der Waals surface area contributed by atoms with Crippen LogP contribution in [0.25, 0.3) is 11.3 Å². The molecule has 0 spiro atoms. The second-order valence-corrected chi connectivity index (χ2v) is 7.45. The SMILES string of the molecule is CCn1nc(C)c(-c2nn(CCS(C)(=O)=O)cc2N)c1C. The smallest absolute Gasteiger partial charge is 0.149 e. The molecule has 116 valence electrons. The van der Waals surface area contributed by atoms with Crippen molar-refractivity contribution in [2.45, 2.75) is 33.9 Å². The summed E-state index contributed by atoms with van der Waals surface area (Å²) in [7, 11) is -3.02. The van der Waals surface area contributed by atoms with Crippen LogP contribution in [0.15, 0.2) is 6.20 Å². The van der Waals surface area contributed by atoms with Crippen molar-refractivity contribution in [2.24, 2.45) is 0 Å². The van der Waals surface area contributed by atoms with Crippen LogP contribution >= 0.6 is 0 Å². The summed E-state index contributed by atoms with van der Waals surface area (Å²) in [5.74, 6) is 0.0414. The Hall–Kier alpha value is -1.83. The number of hydrogen-bond donors (Lipinski definition) is 1. The van der Waals surface area contributed by atoms with Crippen LogP contribution in [-0.2, 0) is 22.9 Å². The number of rotatable bonds is 5. The van der Waals surface area contributed by atoms with Gasteiger partial charge in [0.1, 0.15) is 15.5 Å². The van der Waals surface area contributed by atoms with E-state index in [0.29, 0.717) is 17.9 Å². The molecule has 0 radical (unpaired) electrons. The number of sulfone groups is 1. The van der Waals surface area contributed by atoms with Crippen LogP contribution in [-0.4, -0.2) is 40.0 Å². The first-order valence-corrected chi connectivity index (χ1v) is 8.84. The van der Waals surface area contributed by atoms with Crippen LogP contribution in [0.5, 0.6) is 0 Å². The molecule has 0 amide bonds. The van der Waals surface area contributed by atoms with Crippen LogP contribution in [0.4, 0.5) is 5.69 Å². The molecule has 0 fully saturated rings. The third-order valence-corrected chi connectivity index (χ3v) is 4.32. The summed E-state index contributed by atoms with van der Waals surface area (Å²) in [5.41, 5.74) is 10.0. The molecule has 2 N–H and O–H groups in total. The minimum Gasteiger partial charge on any atom is -0.396 e. The van der Waals surface area contributed by atoms with Gasteiger partial charge >= 0.3 is 0 Å². The molecule has 0 unspecified atom stereocenters. The normalized spacial score (nSPS) is 12.0. The highest BCUT2D eigenvalue weighted by Crippen LogP contribution is 2.30. The molecule has 8 heteroatoms. The van der Waals surface area contributed by atoms with E-state index in [1.807, 2.05) is 25.5 Å². The molecule has 2 rings (SSSR count). The Kier molecular flexibility index (Phi) is 4.08. The van der Waals surface area contributed by atoms with Crippen molar-refractivity contribution in [2.75, 3.05) is 17.7 Å². The molecule has 0 aliphatic heterocycles. The van der Waals surface area contributed by atoms with Gasteiger partial charge in [0.05, 0.1) is 23.7 Å². The maximum atomic E-state index is 11.2. The Labute approximate surface area is 124 Å². The Morgan fingerprint density at radius 1 is 1.29 bits per heavy atom. The Bertz CT molecular complexity index is 758. The van der Waals surface area contributed by atoms with E-state index in [4.69, 9.17) is 5.73 Å². The minimum atomic E-state index is -3.02. The summed E-state index contributed by atoms with van der Waals surface area (Å²) in [6.45, 7) is 7.00. The van der Waals surface area contributed by atoms with Crippen molar-refractivity contribution >= 4 is 15.5 Å². The molecule has 0 atom stereocenters. The molecule has 0 saturated heterocycles. The molecule has 2 heterocycles. The predicted octanol–water partition coefficient (Wildman–Crippen LogP) is 1.01. The number of nitrogens with zero attached hydrogens (tertiary/aromatic N) is 4. The van der Waals surface area contributed by atoms with Crippen molar-refractivity contribution < 1.29 is 8.42 Å². The molecule has 2 aromatic rings. The predicted molar refractivity (Wildman–Crippen MR) is 82.7 cm³/mol. The summed E-state index contributed by atoms with van der Waals surface area (Å²) in [6.07, 6.45) is 2.88. The van der Waals surface area contributed by atoms with Crippen molar-refractivity contribution in [1.82, 2.24) is 19.6 Å². The fourth-order valence-corrected chi connectivity index (χ4v) is 2.87. The highest BCUT2D eigenvalue weighted by atomic mass is 32.2. The molecule has 0 aliphatic carbocycles. The second-order valence-electron chi connectivity index (χ2n) is 5.19. The monoisotopic (exact) mass is 311 g/mol. The van der Waals surface area contributed by atoms with Gasteiger partial charge < -0.3 is 5.73 Å². The van der Waals surface area contributed by atoms with E-state index in [1.54, 1.807) is 10.9 Å². The molecule has 0 aliphatic rings. The van der Waals surface area contributed by atoms with E-state index < -0.39 is 9.84 Å². The number of hydrogen-bond acceptors (Lipinski definition) is 5. The van der Waals surface area contributed by atoms with Gasteiger partial charge in [0.15, 0.2) is 0 Å². The van der Waals surface area contributed by atoms with Gasteiger partial charge in [-0.25, -0.2) is 8.42 Å². The maximum absolute atomic E-state index is 11.2. The Morgan fingerprint density at radius 2 is 1.95 bits per heavy atom. The van der Waals surface area contributed by atoms with Gasteiger partial charge in [0.25, 0.3) is 0 Å². The number of aromatic nitrogens is 4. The fourth-order valence-electron chi connectivity index (χ4n) is 2.35. The first-order valence-electron chi connectivity index (χ1n) is 6.78. The van der Waals surface area contributed by atoms with Crippen molar-refractivity contribution in [1.29, 1.82) is 0 Å². The first-order chi connectivity index (χ1) is 9.73. The largest absolute Gasteiger partial charge is 0.396 e. The van der Waals surface area contributed by atoms with Gasteiger partial charge in [-0.1, -0.05) is 0 Å². The van der Waals surface area contributed by atoms with Gasteiger partial charge in [-0.15, -0.1) is 0 Å². The summed E-state index contributed by atoms with van der Waals surface area (Å²) in [5, 5.41) is 8.88. The van der Waals surface area contributed by atoms with E-state index in [2.05, 4.69) is 10.2 Å². The van der Waals surface area contributed by atoms with Crippen LogP contribution in [0.3, 0.4) is 0 Å². The summed E-state index contributed by atoms with van der Waals surface area (Å²) >= 11 is 0. The van der Waals surface area contributed by atoms with Crippen LogP contribution in [0.1, 0.15) is 18.3 Å². The average Bonchev–Trinajstić information content (AvgIpc) is 2.86. The zero-order valence-electron chi connectivity index (χ0n) is 12.8. The van der Waals surface area contributed by atoms with E-state index in [1.165, 1.54) is 6.26 Å². The van der Waals surface area contributed by atoms with Crippen LogP contribution < -0.4 is 5.73 Å². The zero-order valence-corrected chi connectivity index (χ0v) is 13.6. The topological polar surface area (TPSA) is 95.8 Å². The number of aryl methyl sites for hydroxylation is 3. The van der Waals surface area contributed by atoms with Crippen molar-refractivity contribution in [3.05, 3.63) is 17.6 Å². The molecule has 0 aromatic carbocycles. The molecule has 21 heavy (non-hydrogen) atoms. The summed E-state index contributed by atoms with van der Waals surface area (Å²) in [4.78, 5) is 0. The lowest BCUT2D eigenvalue weighted by molar-refractivity contribution is 0.586. The molecular weight excluding hydrogens is 290 g/mol. The quantitative estimate of drug-likeness (QED) is 0.889. The molecule has 0 bridgehead atoms. The van der Waals surface area contributed by atoms with Gasteiger partial charge in [-0.3, -0.25) is 9.36 Å². The van der Waals surface area contributed by atoms with E-state index >= 15 is 0 Å². The van der Waals surface area contributed by atoms with E-state index in [-0.39, 0.29) is 5.75 Å². The van der Waals surface area contributed by atoms with Gasteiger partial charge in [-0.2, -0.15) is 10.2 Å². The summed E-state index contributed by atoms with van der Waals surface area (Å²) in [6, 6.07) is 0. The zero-order chi connectivity index (χ0) is 15.8. The number of anilines is 1. The third kappa shape index (κ3) is 3.26. The third-order valence-electron chi connectivity index (χ3n) is 3.40. The lowest BCUT2D eigenvalue weighted by Gasteiger charge is -2.01. The summed E-state index contributed by atoms with van der Waals surface area (Å²) < 4.78 is 25.9. The fraction of sp³-hybridized carbons (Fsp3) is 0.538. The number of nitrogen functional groups attached to an aromatic ring is 1. The van der Waals surface area contributed by atoms with Crippen LogP contribution in [0.2, 0.25) is 0 Å². The Morgan fingerprint density at radius 3 is 2.48 bits per heavy atom. The van der Waals surface area contributed by atoms with Gasteiger partial charge in [0.2, 0.25) is 0 Å². The molecular formula is C13H21N5O2S. The molecule has 0 saturated carbocycles. The Balaban J connectivity index is 2.38. The lowest BCUT2D eigenvalue weighted by Crippen LogP contribution is -2.11. The number of nitrogens with two attached hydrogens (primary N) is 1. The van der Waals surface area contributed by atoms with Crippen LogP contribution in [0, 0.1) is 13.8 Å². The highest BCUT2D eigenvalue weighted by molar-refractivity contribution is 7.90. The van der Waals surface area contributed by atoms with Crippen molar-refractivity contribution in [3.63, 3.8) is 0 Å². The average molecular weight is 311 g/mol. The van der Waals surface area contributed by atoms with E-state index in [0.717, 1.165) is 23.5 Å². The highest BCUT2D eigenvalue weighted by Gasteiger charge is 2.18. The standard InChI is InChI=1S/C13H21N5O2S/c1-5-18-10(3)12(9(2)15-18)13-11(14)8-17(16-13)6-7-21(4,19)20/h8H,5-7,14H2,1-4H3. The van der Waals surface area contributed by atoms with Gasteiger partial charge in [0, 0.05) is 30.3 Å². The van der Waals surface area contributed by atoms with Gasteiger partial charge in [-0.05, 0) is 20.8 Å². The lowest BCUT2D eigenvalue weighted by atomic mass is 10.1. The first kappa shape index (κ1) is 15.6.